The first-order chi connectivity index (χ1) is 17.0. The molecular weight excluding hydrogens is 498 g/mol. The van der Waals surface area contributed by atoms with Crippen LogP contribution in [0.3, 0.4) is 0 Å². The predicted molar refractivity (Wildman–Crippen MR) is 147 cm³/mol. The molecule has 0 radical (unpaired) electrons. The molecule has 0 fully saturated rings. The molecule has 0 bridgehead atoms. The van der Waals surface area contributed by atoms with Crippen molar-refractivity contribution in [1.82, 2.24) is 10.2 Å². The Hall–Kier alpha value is -2.58. The number of benzene rings is 2. The quantitative estimate of drug-likeness (QED) is 0.394. The zero-order valence-electron chi connectivity index (χ0n) is 21.8. The van der Waals surface area contributed by atoms with Crippen LogP contribution in [-0.2, 0) is 26.2 Å². The van der Waals surface area contributed by atoms with Crippen molar-refractivity contribution in [1.29, 1.82) is 0 Å². The van der Waals surface area contributed by atoms with E-state index in [2.05, 4.69) is 5.32 Å². The largest absolute Gasteiger partial charge is 0.352 e. The summed E-state index contributed by atoms with van der Waals surface area (Å²) < 4.78 is 26.2. The lowest BCUT2D eigenvalue weighted by Gasteiger charge is -2.32. The van der Waals surface area contributed by atoms with Crippen molar-refractivity contribution in [2.24, 2.45) is 0 Å². The fourth-order valence-corrected chi connectivity index (χ4v) is 5.05. The Morgan fingerprint density at radius 1 is 1.03 bits per heavy atom. The molecule has 1 N–H and O–H groups in total. The maximum absolute atomic E-state index is 13.5. The molecule has 36 heavy (non-hydrogen) atoms. The van der Waals surface area contributed by atoms with Gasteiger partial charge in [-0.1, -0.05) is 61.3 Å². The van der Waals surface area contributed by atoms with Crippen LogP contribution in [0.1, 0.15) is 57.6 Å². The van der Waals surface area contributed by atoms with E-state index in [0.29, 0.717) is 23.6 Å². The summed E-state index contributed by atoms with van der Waals surface area (Å²) in [7, 11) is -3.53. The zero-order chi connectivity index (χ0) is 26.9. The first kappa shape index (κ1) is 29.6. The second-order valence-electron chi connectivity index (χ2n) is 9.13. The topological polar surface area (TPSA) is 86.8 Å². The van der Waals surface area contributed by atoms with Gasteiger partial charge in [0, 0.05) is 30.6 Å². The van der Waals surface area contributed by atoms with E-state index in [1.807, 2.05) is 58.0 Å². The molecule has 0 aliphatic rings. The number of carbonyl (C=O) groups is 2. The Labute approximate surface area is 220 Å². The van der Waals surface area contributed by atoms with Gasteiger partial charge in [0.1, 0.15) is 6.04 Å². The lowest BCUT2D eigenvalue weighted by molar-refractivity contribution is -0.141. The molecule has 0 aromatic heterocycles. The molecule has 0 aliphatic heterocycles. The second kappa shape index (κ2) is 13.7. The number of anilines is 1. The second-order valence-corrected chi connectivity index (χ2v) is 11.4. The minimum Gasteiger partial charge on any atom is -0.352 e. The Kier molecular flexibility index (Phi) is 11.2. The van der Waals surface area contributed by atoms with E-state index in [1.165, 1.54) is 4.31 Å². The minimum atomic E-state index is -3.53. The van der Waals surface area contributed by atoms with Crippen molar-refractivity contribution in [3.05, 3.63) is 64.7 Å². The smallest absolute Gasteiger partial charge is 0.243 e. The molecule has 0 aliphatic carbocycles. The molecule has 0 unspecified atom stereocenters. The molecule has 9 heteroatoms. The molecule has 2 rings (SSSR count). The van der Waals surface area contributed by atoms with Gasteiger partial charge < -0.3 is 10.2 Å². The normalized spacial score (nSPS) is 13.1. The van der Waals surface area contributed by atoms with E-state index < -0.39 is 16.1 Å². The predicted octanol–water partition coefficient (Wildman–Crippen LogP) is 4.92. The van der Waals surface area contributed by atoms with Gasteiger partial charge in [0.25, 0.3) is 0 Å². The monoisotopic (exact) mass is 535 g/mol. The van der Waals surface area contributed by atoms with Crippen LogP contribution in [0.15, 0.2) is 48.5 Å². The van der Waals surface area contributed by atoms with Crippen LogP contribution in [0.2, 0.25) is 5.02 Å². The minimum absolute atomic E-state index is 0.0124. The van der Waals surface area contributed by atoms with Gasteiger partial charge in [-0.15, -0.1) is 0 Å². The van der Waals surface area contributed by atoms with Gasteiger partial charge in [-0.05, 0) is 56.9 Å². The van der Waals surface area contributed by atoms with Crippen LogP contribution in [-0.4, -0.2) is 50.0 Å². The number of hydrogen-bond donors (Lipinski definition) is 1. The number of nitrogens with zero attached hydrogens (tertiary/aromatic N) is 2. The van der Waals surface area contributed by atoms with Gasteiger partial charge in [0.15, 0.2) is 0 Å². The molecule has 0 saturated carbocycles. The highest BCUT2D eigenvalue weighted by Crippen LogP contribution is 2.22. The number of sulfonamides is 1. The molecule has 198 valence electrons. The van der Waals surface area contributed by atoms with E-state index in [0.717, 1.165) is 23.8 Å². The van der Waals surface area contributed by atoms with Crippen LogP contribution in [0, 0.1) is 6.92 Å². The van der Waals surface area contributed by atoms with Crippen LogP contribution in [0.5, 0.6) is 0 Å². The first-order valence-corrected chi connectivity index (χ1v) is 14.6. The summed E-state index contributed by atoms with van der Waals surface area (Å²) in [6.07, 6.45) is 2.78. The van der Waals surface area contributed by atoms with E-state index in [1.54, 1.807) is 23.1 Å². The summed E-state index contributed by atoms with van der Waals surface area (Å²) in [5.74, 6) is -0.428. The Balaban J connectivity index is 2.23. The van der Waals surface area contributed by atoms with Gasteiger partial charge in [-0.2, -0.15) is 0 Å². The third-order valence-electron chi connectivity index (χ3n) is 6.16. The van der Waals surface area contributed by atoms with E-state index in [9.17, 15) is 18.0 Å². The van der Waals surface area contributed by atoms with Gasteiger partial charge in [0.05, 0.1) is 11.9 Å². The first-order valence-electron chi connectivity index (χ1n) is 12.4. The Morgan fingerprint density at radius 3 is 2.22 bits per heavy atom. The third-order valence-corrected chi connectivity index (χ3v) is 7.72. The highest BCUT2D eigenvalue weighted by molar-refractivity contribution is 7.92. The number of rotatable bonds is 13. The summed E-state index contributed by atoms with van der Waals surface area (Å²) in [6.45, 7) is 8.07. The number of hydrogen-bond acceptors (Lipinski definition) is 4. The van der Waals surface area contributed by atoms with Gasteiger partial charge in [-0.25, -0.2) is 8.42 Å². The van der Waals surface area contributed by atoms with Gasteiger partial charge >= 0.3 is 0 Å². The van der Waals surface area contributed by atoms with Crippen LogP contribution in [0.25, 0.3) is 0 Å². The Morgan fingerprint density at radius 2 is 1.67 bits per heavy atom. The van der Waals surface area contributed by atoms with Crippen molar-refractivity contribution in [2.45, 2.75) is 72.0 Å². The van der Waals surface area contributed by atoms with E-state index >= 15 is 0 Å². The van der Waals surface area contributed by atoms with Crippen molar-refractivity contribution in [3.8, 4) is 0 Å². The average molecular weight is 536 g/mol. The highest BCUT2D eigenvalue weighted by atomic mass is 35.5. The number of nitrogens with one attached hydrogen (secondary N) is 1. The number of aryl methyl sites for hydroxylation is 1. The van der Waals surface area contributed by atoms with Crippen molar-refractivity contribution < 1.29 is 18.0 Å². The number of amides is 2. The van der Waals surface area contributed by atoms with Crippen molar-refractivity contribution in [3.63, 3.8) is 0 Å². The standard InChI is InChI=1S/C27H38ClN3O4S/c1-6-21(4)29-27(33)25(7-2)30(19-22-11-8-9-12-24(22)28)26(32)13-10-18-31(36(5,34)35)23-16-14-20(3)15-17-23/h8-9,11-12,14-17,21,25H,6-7,10,13,18-19H2,1-5H3,(H,29,33)/t21-,25-/m1/s1. The number of halogens is 1. The molecular formula is C27H38ClN3O4S. The average Bonchev–Trinajstić information content (AvgIpc) is 2.82. The lowest BCUT2D eigenvalue weighted by Crippen LogP contribution is -2.50. The fourth-order valence-electron chi connectivity index (χ4n) is 3.89. The van der Waals surface area contributed by atoms with E-state index in [-0.39, 0.29) is 37.4 Å². The molecule has 0 spiro atoms. The molecule has 0 saturated heterocycles. The summed E-state index contributed by atoms with van der Waals surface area (Å²) in [6, 6.07) is 13.8. The van der Waals surface area contributed by atoms with E-state index in [4.69, 9.17) is 11.6 Å². The number of carbonyl (C=O) groups excluding carboxylic acids is 2. The summed E-state index contributed by atoms with van der Waals surface area (Å²) in [5.41, 5.74) is 2.33. The zero-order valence-corrected chi connectivity index (χ0v) is 23.4. The Bertz CT molecular complexity index is 1120. The summed E-state index contributed by atoms with van der Waals surface area (Å²) >= 11 is 6.37. The molecule has 2 aromatic rings. The van der Waals surface area contributed by atoms with Crippen LogP contribution in [0.4, 0.5) is 5.69 Å². The molecule has 2 aromatic carbocycles. The third kappa shape index (κ3) is 8.52. The maximum atomic E-state index is 13.5. The molecule has 0 heterocycles. The van der Waals surface area contributed by atoms with Gasteiger partial charge in [0.2, 0.25) is 21.8 Å². The maximum Gasteiger partial charge on any atom is 0.243 e. The van der Waals surface area contributed by atoms with Crippen LogP contribution < -0.4 is 9.62 Å². The van der Waals surface area contributed by atoms with Gasteiger partial charge in [-0.3, -0.25) is 13.9 Å². The summed E-state index contributed by atoms with van der Waals surface area (Å²) in [4.78, 5) is 28.1. The molecule has 2 atom stereocenters. The molecule has 2 amide bonds. The SMILES string of the molecule is CC[C@@H](C)NC(=O)[C@@H](CC)N(Cc1ccccc1Cl)C(=O)CCCN(c1ccc(C)cc1)S(C)(=O)=O. The highest BCUT2D eigenvalue weighted by Gasteiger charge is 2.29. The summed E-state index contributed by atoms with van der Waals surface area (Å²) in [5, 5.41) is 3.51. The lowest BCUT2D eigenvalue weighted by atomic mass is 10.1. The van der Waals surface area contributed by atoms with Crippen molar-refractivity contribution >= 4 is 39.1 Å². The van der Waals surface area contributed by atoms with Crippen LogP contribution >= 0.6 is 11.6 Å². The fraction of sp³-hybridized carbons (Fsp3) is 0.481. The van der Waals surface area contributed by atoms with Crippen molar-refractivity contribution in [2.75, 3.05) is 17.1 Å². The molecule has 7 nitrogen and oxygen atoms in total.